The third-order valence-electron chi connectivity index (χ3n) is 3.43. The summed E-state index contributed by atoms with van der Waals surface area (Å²) in [5, 5.41) is 21.6. The zero-order chi connectivity index (χ0) is 15.0. The van der Waals surface area contributed by atoms with Crippen LogP contribution in [0.2, 0.25) is 0 Å². The number of hydrogen-bond acceptors (Lipinski definition) is 3. The highest BCUT2D eigenvalue weighted by atomic mass is 16.4. The van der Waals surface area contributed by atoms with Crippen molar-refractivity contribution in [2.75, 3.05) is 0 Å². The van der Waals surface area contributed by atoms with E-state index in [2.05, 4.69) is 0 Å². The lowest BCUT2D eigenvalue weighted by Gasteiger charge is -2.11. The first-order valence-corrected chi connectivity index (χ1v) is 6.36. The van der Waals surface area contributed by atoms with Gasteiger partial charge in [-0.05, 0) is 12.1 Å². The van der Waals surface area contributed by atoms with Crippen molar-refractivity contribution in [2.24, 2.45) is 0 Å². The van der Waals surface area contributed by atoms with Gasteiger partial charge >= 0.3 is 5.97 Å². The van der Waals surface area contributed by atoms with E-state index in [4.69, 9.17) is 5.11 Å². The van der Waals surface area contributed by atoms with Crippen molar-refractivity contribution >= 4 is 33.7 Å². The summed E-state index contributed by atoms with van der Waals surface area (Å²) in [5.41, 5.74) is 1.19. The Labute approximate surface area is 119 Å². The maximum atomic E-state index is 11.5. The highest BCUT2D eigenvalue weighted by molar-refractivity contribution is 6.11. The van der Waals surface area contributed by atoms with Gasteiger partial charge in [0.1, 0.15) is 0 Å². The first kappa shape index (κ1) is 13.1. The number of carbonyl (C=O) groups is 2. The van der Waals surface area contributed by atoms with Crippen LogP contribution in [0.1, 0.15) is 10.4 Å². The number of nitrogens with zero attached hydrogens (tertiary/aromatic N) is 1. The van der Waals surface area contributed by atoms with Crippen molar-refractivity contribution < 1.29 is 24.4 Å². The number of aromatic nitrogens is 1. The molecule has 0 atom stereocenters. The number of fused-ring (bicyclic) bond motifs is 2. The van der Waals surface area contributed by atoms with Crippen LogP contribution < -0.4 is 9.67 Å². The molecule has 3 aromatic rings. The molecule has 21 heavy (non-hydrogen) atoms. The SMILES string of the molecule is O=C(O)C[n+]1c2ccccc2c(C(=O)[O-])c2ccccc21. The predicted molar refractivity (Wildman–Crippen MR) is 73.6 cm³/mol. The van der Waals surface area contributed by atoms with Crippen LogP contribution in [-0.2, 0) is 11.3 Å². The molecule has 0 unspecified atom stereocenters. The number of para-hydroxylation sites is 2. The van der Waals surface area contributed by atoms with Crippen molar-refractivity contribution in [3.8, 4) is 0 Å². The Balaban J connectivity index is 2.57. The molecule has 104 valence electrons. The van der Waals surface area contributed by atoms with Gasteiger partial charge < -0.3 is 15.0 Å². The molecule has 1 heterocycles. The first-order chi connectivity index (χ1) is 10.1. The number of benzene rings is 2. The highest BCUT2D eigenvalue weighted by Gasteiger charge is 2.22. The van der Waals surface area contributed by atoms with E-state index in [-0.39, 0.29) is 12.1 Å². The number of pyridine rings is 1. The Morgan fingerprint density at radius 2 is 1.43 bits per heavy atom. The lowest BCUT2D eigenvalue weighted by Crippen LogP contribution is -2.40. The lowest BCUT2D eigenvalue weighted by molar-refractivity contribution is -0.633. The molecule has 0 aliphatic heterocycles. The zero-order valence-corrected chi connectivity index (χ0v) is 10.9. The zero-order valence-electron chi connectivity index (χ0n) is 10.9. The van der Waals surface area contributed by atoms with E-state index in [1.165, 1.54) is 0 Å². The summed E-state index contributed by atoms with van der Waals surface area (Å²) < 4.78 is 1.60. The second-order valence-electron chi connectivity index (χ2n) is 4.68. The van der Waals surface area contributed by atoms with Crippen molar-refractivity contribution in [2.45, 2.75) is 6.54 Å². The normalized spacial score (nSPS) is 10.9. The van der Waals surface area contributed by atoms with Gasteiger partial charge in [0.15, 0.2) is 0 Å². The molecule has 3 rings (SSSR count). The van der Waals surface area contributed by atoms with E-state index in [0.29, 0.717) is 21.8 Å². The Bertz CT molecular complexity index is 829. The molecule has 0 saturated carbocycles. The molecule has 0 spiro atoms. The van der Waals surface area contributed by atoms with Gasteiger partial charge in [-0.15, -0.1) is 0 Å². The summed E-state index contributed by atoms with van der Waals surface area (Å²) in [6, 6.07) is 13.6. The monoisotopic (exact) mass is 281 g/mol. The Morgan fingerprint density at radius 3 is 1.86 bits per heavy atom. The van der Waals surface area contributed by atoms with Crippen molar-refractivity contribution in [1.82, 2.24) is 0 Å². The fourth-order valence-electron chi connectivity index (χ4n) is 2.64. The molecule has 5 heteroatoms. The molecule has 1 N–H and O–H groups in total. The second-order valence-corrected chi connectivity index (χ2v) is 4.68. The van der Waals surface area contributed by atoms with Crippen LogP contribution in [0.5, 0.6) is 0 Å². The number of aromatic carboxylic acids is 1. The quantitative estimate of drug-likeness (QED) is 0.567. The van der Waals surface area contributed by atoms with Crippen LogP contribution in [0.4, 0.5) is 0 Å². The third kappa shape index (κ3) is 2.08. The number of hydrogen-bond donors (Lipinski definition) is 1. The maximum Gasteiger partial charge on any atom is 0.370 e. The van der Waals surface area contributed by atoms with Gasteiger partial charge in [0, 0.05) is 17.7 Å². The molecule has 0 amide bonds. The number of rotatable bonds is 3. The Morgan fingerprint density at radius 1 is 0.952 bits per heavy atom. The minimum atomic E-state index is -1.27. The average Bonchev–Trinajstić information content (AvgIpc) is 2.46. The summed E-state index contributed by atoms with van der Waals surface area (Å²) >= 11 is 0. The van der Waals surface area contributed by atoms with E-state index in [1.807, 2.05) is 0 Å². The number of aliphatic carboxylic acids is 1. The van der Waals surface area contributed by atoms with Gasteiger partial charge in [-0.1, -0.05) is 24.3 Å². The summed E-state index contributed by atoms with van der Waals surface area (Å²) in [6.07, 6.45) is 0. The summed E-state index contributed by atoms with van der Waals surface area (Å²) in [4.78, 5) is 22.7. The van der Waals surface area contributed by atoms with E-state index in [0.717, 1.165) is 0 Å². The molecular formula is C16H11NO4. The second kappa shape index (κ2) is 4.86. The standard InChI is InChI=1S/C16H11NO4/c18-14(19)9-17-12-7-3-1-5-10(12)15(16(20)21)11-6-2-4-8-13(11)17/h1-8H,9H2,(H-,18,19,20,21). The minimum absolute atomic E-state index is 0.0860. The maximum absolute atomic E-state index is 11.5. The van der Waals surface area contributed by atoms with Gasteiger partial charge in [-0.2, -0.15) is 4.57 Å². The van der Waals surface area contributed by atoms with E-state index in [9.17, 15) is 14.7 Å². The Kier molecular flexibility index (Phi) is 3.02. The molecule has 0 fully saturated rings. The summed E-state index contributed by atoms with van der Waals surface area (Å²) in [6.45, 7) is -0.242. The van der Waals surface area contributed by atoms with Crippen LogP contribution in [0, 0.1) is 0 Å². The number of carboxylic acids is 2. The van der Waals surface area contributed by atoms with E-state index < -0.39 is 11.9 Å². The lowest BCUT2D eigenvalue weighted by atomic mass is 10.0. The van der Waals surface area contributed by atoms with E-state index >= 15 is 0 Å². The van der Waals surface area contributed by atoms with Gasteiger partial charge in [0.2, 0.25) is 17.6 Å². The van der Waals surface area contributed by atoms with Crippen LogP contribution >= 0.6 is 0 Å². The van der Waals surface area contributed by atoms with Gasteiger partial charge in [-0.3, -0.25) is 0 Å². The van der Waals surface area contributed by atoms with Gasteiger partial charge in [0.05, 0.1) is 16.7 Å². The van der Waals surface area contributed by atoms with Gasteiger partial charge in [-0.25, -0.2) is 4.79 Å². The van der Waals surface area contributed by atoms with Crippen LogP contribution in [0.15, 0.2) is 48.5 Å². The molecule has 5 nitrogen and oxygen atoms in total. The molecule has 0 aliphatic carbocycles. The van der Waals surface area contributed by atoms with Crippen molar-refractivity contribution in [1.29, 1.82) is 0 Å². The molecule has 0 saturated heterocycles. The number of carbonyl (C=O) groups excluding carboxylic acids is 1. The molecule has 0 aliphatic rings. The first-order valence-electron chi connectivity index (χ1n) is 6.36. The molecule has 0 bridgehead atoms. The molecular weight excluding hydrogens is 270 g/mol. The van der Waals surface area contributed by atoms with Crippen molar-refractivity contribution in [3.63, 3.8) is 0 Å². The van der Waals surface area contributed by atoms with Gasteiger partial charge in [0.25, 0.3) is 0 Å². The summed E-state index contributed by atoms with van der Waals surface area (Å²) in [5.74, 6) is -2.26. The average molecular weight is 281 g/mol. The summed E-state index contributed by atoms with van der Waals surface area (Å²) in [7, 11) is 0. The largest absolute Gasteiger partial charge is 0.545 e. The highest BCUT2D eigenvalue weighted by Crippen LogP contribution is 2.24. The van der Waals surface area contributed by atoms with E-state index in [1.54, 1.807) is 53.1 Å². The van der Waals surface area contributed by atoms with Crippen molar-refractivity contribution in [3.05, 3.63) is 54.1 Å². The molecule has 1 aromatic heterocycles. The van der Waals surface area contributed by atoms with Crippen LogP contribution in [0.3, 0.4) is 0 Å². The minimum Gasteiger partial charge on any atom is -0.545 e. The number of carboxylic acid groups (broad SMARTS) is 2. The smallest absolute Gasteiger partial charge is 0.370 e. The van der Waals surface area contributed by atoms with Crippen LogP contribution in [-0.4, -0.2) is 17.0 Å². The third-order valence-corrected chi connectivity index (χ3v) is 3.43. The fraction of sp³-hybridized carbons (Fsp3) is 0.0625. The Hall–Kier alpha value is -2.95. The molecule has 0 radical (unpaired) electrons. The topological polar surface area (TPSA) is 81.3 Å². The van der Waals surface area contributed by atoms with Crippen LogP contribution in [0.25, 0.3) is 21.8 Å². The predicted octanol–water partition coefficient (Wildman–Crippen LogP) is 0.729. The molecule has 2 aromatic carbocycles. The fourth-order valence-corrected chi connectivity index (χ4v) is 2.64.